The van der Waals surface area contributed by atoms with E-state index in [4.69, 9.17) is 11.6 Å². The van der Waals surface area contributed by atoms with E-state index in [9.17, 15) is 4.79 Å². The molecule has 110 valence electrons. The number of benzene rings is 1. The van der Waals surface area contributed by atoms with Crippen LogP contribution in [0.4, 0.5) is 5.69 Å². The van der Waals surface area contributed by atoms with Crippen molar-refractivity contribution in [3.8, 4) is 0 Å². The SMILES string of the molecule is CCCN(CC(=O)Nc1ccc(Cl)cc1)C1CCNC1. The number of rotatable bonds is 6. The summed E-state index contributed by atoms with van der Waals surface area (Å²) in [5.41, 5.74) is 0.792. The Morgan fingerprint density at radius 2 is 2.20 bits per heavy atom. The normalized spacial score (nSPS) is 18.4. The predicted octanol–water partition coefficient (Wildman–Crippen LogP) is 2.35. The Bertz CT molecular complexity index is 429. The molecule has 4 nitrogen and oxygen atoms in total. The van der Waals surface area contributed by atoms with Gasteiger partial charge in [0.1, 0.15) is 0 Å². The number of nitrogens with zero attached hydrogens (tertiary/aromatic N) is 1. The van der Waals surface area contributed by atoms with Gasteiger partial charge >= 0.3 is 0 Å². The Morgan fingerprint density at radius 1 is 1.45 bits per heavy atom. The second-order valence-electron chi connectivity index (χ2n) is 5.17. The zero-order valence-corrected chi connectivity index (χ0v) is 12.6. The molecule has 0 spiro atoms. The van der Waals surface area contributed by atoms with E-state index in [1.165, 1.54) is 0 Å². The summed E-state index contributed by atoms with van der Waals surface area (Å²) in [6.07, 6.45) is 2.18. The highest BCUT2D eigenvalue weighted by atomic mass is 35.5. The number of hydrogen-bond donors (Lipinski definition) is 2. The van der Waals surface area contributed by atoms with Crippen molar-refractivity contribution in [1.82, 2.24) is 10.2 Å². The van der Waals surface area contributed by atoms with Crippen molar-refractivity contribution in [3.05, 3.63) is 29.3 Å². The van der Waals surface area contributed by atoms with Crippen molar-refractivity contribution in [1.29, 1.82) is 0 Å². The van der Waals surface area contributed by atoms with Crippen LogP contribution in [-0.2, 0) is 4.79 Å². The van der Waals surface area contributed by atoms with E-state index in [1.54, 1.807) is 12.1 Å². The van der Waals surface area contributed by atoms with Crippen LogP contribution in [0.5, 0.6) is 0 Å². The number of carbonyl (C=O) groups is 1. The van der Waals surface area contributed by atoms with Gasteiger partial charge in [-0.15, -0.1) is 0 Å². The van der Waals surface area contributed by atoms with Gasteiger partial charge in [0.05, 0.1) is 6.54 Å². The highest BCUT2D eigenvalue weighted by molar-refractivity contribution is 6.30. The number of anilines is 1. The van der Waals surface area contributed by atoms with Gasteiger partial charge in [-0.3, -0.25) is 9.69 Å². The van der Waals surface area contributed by atoms with E-state index in [-0.39, 0.29) is 5.91 Å². The minimum Gasteiger partial charge on any atom is -0.325 e. The third kappa shape index (κ3) is 4.47. The zero-order valence-electron chi connectivity index (χ0n) is 11.9. The lowest BCUT2D eigenvalue weighted by Gasteiger charge is -2.27. The number of amides is 1. The van der Waals surface area contributed by atoms with Crippen LogP contribution in [0.3, 0.4) is 0 Å². The average molecular weight is 296 g/mol. The first-order valence-electron chi connectivity index (χ1n) is 7.19. The Kier molecular flexibility index (Phi) is 5.83. The standard InChI is InChI=1S/C15H22ClN3O/c1-2-9-19(14-7-8-17-10-14)11-15(20)18-13-5-3-12(16)4-6-13/h3-6,14,17H,2,7-11H2,1H3,(H,18,20). The maximum absolute atomic E-state index is 12.1. The number of nitrogens with one attached hydrogen (secondary N) is 2. The van der Waals surface area contributed by atoms with Crippen LogP contribution in [0.25, 0.3) is 0 Å². The number of carbonyl (C=O) groups excluding carboxylic acids is 1. The molecule has 1 aliphatic rings. The second-order valence-corrected chi connectivity index (χ2v) is 5.61. The summed E-state index contributed by atoms with van der Waals surface area (Å²) in [7, 11) is 0. The lowest BCUT2D eigenvalue weighted by Crippen LogP contribution is -2.42. The van der Waals surface area contributed by atoms with Gasteiger partial charge in [-0.25, -0.2) is 0 Å². The fourth-order valence-electron chi connectivity index (χ4n) is 2.55. The largest absolute Gasteiger partial charge is 0.325 e. The van der Waals surface area contributed by atoms with Crippen molar-refractivity contribution in [2.45, 2.75) is 25.8 Å². The van der Waals surface area contributed by atoms with Crippen LogP contribution in [0.2, 0.25) is 5.02 Å². The van der Waals surface area contributed by atoms with Gasteiger partial charge in [0.15, 0.2) is 0 Å². The average Bonchev–Trinajstić information content (AvgIpc) is 2.95. The molecule has 1 aromatic carbocycles. The van der Waals surface area contributed by atoms with Crippen LogP contribution in [0.1, 0.15) is 19.8 Å². The van der Waals surface area contributed by atoms with E-state index >= 15 is 0 Å². The third-order valence-electron chi connectivity index (χ3n) is 3.54. The van der Waals surface area contributed by atoms with Gasteiger partial charge in [-0.1, -0.05) is 18.5 Å². The minimum atomic E-state index is 0.0349. The summed E-state index contributed by atoms with van der Waals surface area (Å²) in [6, 6.07) is 7.68. The maximum Gasteiger partial charge on any atom is 0.238 e. The van der Waals surface area contributed by atoms with Crippen molar-refractivity contribution >= 4 is 23.2 Å². The molecule has 1 aromatic rings. The third-order valence-corrected chi connectivity index (χ3v) is 3.79. The van der Waals surface area contributed by atoms with Crippen LogP contribution in [-0.4, -0.2) is 43.0 Å². The molecule has 5 heteroatoms. The number of halogens is 1. The second kappa shape index (κ2) is 7.62. The first kappa shape index (κ1) is 15.3. The Labute approximate surface area is 125 Å². The molecule has 0 aliphatic carbocycles. The molecule has 1 atom stereocenters. The summed E-state index contributed by atoms with van der Waals surface area (Å²) >= 11 is 5.83. The van der Waals surface area contributed by atoms with E-state index in [2.05, 4.69) is 22.5 Å². The molecule has 1 fully saturated rings. The molecule has 1 amide bonds. The van der Waals surface area contributed by atoms with Crippen LogP contribution in [0, 0.1) is 0 Å². The molecule has 0 aromatic heterocycles. The molecule has 20 heavy (non-hydrogen) atoms. The highest BCUT2D eigenvalue weighted by Gasteiger charge is 2.23. The quantitative estimate of drug-likeness (QED) is 0.847. The molecule has 1 saturated heterocycles. The summed E-state index contributed by atoms with van der Waals surface area (Å²) in [5.74, 6) is 0.0349. The smallest absolute Gasteiger partial charge is 0.238 e. The van der Waals surface area contributed by atoms with Gasteiger partial charge in [-0.05, 0) is 50.2 Å². The van der Waals surface area contributed by atoms with Gasteiger partial charge in [0.25, 0.3) is 0 Å². The summed E-state index contributed by atoms with van der Waals surface area (Å²) < 4.78 is 0. The first-order chi connectivity index (χ1) is 9.69. The lowest BCUT2D eigenvalue weighted by molar-refractivity contribution is -0.117. The van der Waals surface area contributed by atoms with Gasteiger partial charge in [0, 0.05) is 23.3 Å². The minimum absolute atomic E-state index is 0.0349. The molecule has 2 rings (SSSR count). The molecule has 1 unspecified atom stereocenters. The fraction of sp³-hybridized carbons (Fsp3) is 0.533. The summed E-state index contributed by atoms with van der Waals surface area (Å²) in [6.45, 7) is 5.58. The summed E-state index contributed by atoms with van der Waals surface area (Å²) in [5, 5.41) is 6.95. The molecule has 2 N–H and O–H groups in total. The van der Waals surface area contributed by atoms with E-state index < -0.39 is 0 Å². The van der Waals surface area contributed by atoms with Gasteiger partial charge < -0.3 is 10.6 Å². The fourth-order valence-corrected chi connectivity index (χ4v) is 2.67. The van der Waals surface area contributed by atoms with E-state index in [1.807, 2.05) is 12.1 Å². The van der Waals surface area contributed by atoms with Crippen molar-refractivity contribution in [3.63, 3.8) is 0 Å². The molecule has 0 radical (unpaired) electrons. The Hall–Kier alpha value is -1.10. The van der Waals surface area contributed by atoms with Crippen molar-refractivity contribution < 1.29 is 4.79 Å². The maximum atomic E-state index is 12.1. The Morgan fingerprint density at radius 3 is 2.80 bits per heavy atom. The predicted molar refractivity (Wildman–Crippen MR) is 83.2 cm³/mol. The molecule has 0 saturated carbocycles. The van der Waals surface area contributed by atoms with E-state index in [0.29, 0.717) is 17.6 Å². The van der Waals surface area contributed by atoms with Crippen molar-refractivity contribution in [2.24, 2.45) is 0 Å². The van der Waals surface area contributed by atoms with Crippen LogP contribution in [0.15, 0.2) is 24.3 Å². The van der Waals surface area contributed by atoms with Crippen LogP contribution < -0.4 is 10.6 Å². The highest BCUT2D eigenvalue weighted by Crippen LogP contribution is 2.14. The summed E-state index contributed by atoms with van der Waals surface area (Å²) in [4.78, 5) is 14.4. The van der Waals surface area contributed by atoms with Crippen LogP contribution >= 0.6 is 11.6 Å². The monoisotopic (exact) mass is 295 g/mol. The molecular weight excluding hydrogens is 274 g/mol. The molecule has 1 heterocycles. The molecule has 1 aliphatic heterocycles. The number of hydrogen-bond acceptors (Lipinski definition) is 3. The van der Waals surface area contributed by atoms with Crippen molar-refractivity contribution in [2.75, 3.05) is 31.5 Å². The van der Waals surface area contributed by atoms with E-state index in [0.717, 1.165) is 38.2 Å². The topological polar surface area (TPSA) is 44.4 Å². The molecular formula is C15H22ClN3O. The molecule has 0 bridgehead atoms. The van der Waals surface area contributed by atoms with Gasteiger partial charge in [-0.2, -0.15) is 0 Å². The first-order valence-corrected chi connectivity index (χ1v) is 7.57. The van der Waals surface area contributed by atoms with Gasteiger partial charge in [0.2, 0.25) is 5.91 Å². The Balaban J connectivity index is 1.88. The zero-order chi connectivity index (χ0) is 14.4. The lowest BCUT2D eigenvalue weighted by atomic mass is 10.2.